The average molecular weight is 356 g/mol. The lowest BCUT2D eigenvalue weighted by Gasteiger charge is -2.14. The van der Waals surface area contributed by atoms with Crippen molar-refractivity contribution in [1.82, 2.24) is 19.9 Å². The Morgan fingerprint density at radius 3 is 2.35 bits per heavy atom. The Bertz CT molecular complexity index is 695. The van der Waals surface area contributed by atoms with Crippen LogP contribution >= 0.6 is 34.8 Å². The Morgan fingerprint density at radius 1 is 1.25 bits per heavy atom. The highest BCUT2D eigenvalue weighted by molar-refractivity contribution is 7.89. The highest BCUT2D eigenvalue weighted by Gasteiger charge is 2.25. The van der Waals surface area contributed by atoms with Crippen molar-refractivity contribution in [2.45, 2.75) is 17.9 Å². The Labute approximate surface area is 130 Å². The number of aromatic nitrogens is 3. The van der Waals surface area contributed by atoms with E-state index < -0.39 is 16.1 Å². The van der Waals surface area contributed by atoms with Crippen molar-refractivity contribution >= 4 is 44.8 Å². The molecular weight excluding hydrogens is 347 g/mol. The summed E-state index contributed by atoms with van der Waals surface area (Å²) in [5.74, 6) is 0.370. The van der Waals surface area contributed by atoms with Crippen LogP contribution in [0, 0.1) is 0 Å². The third kappa shape index (κ3) is 3.24. The van der Waals surface area contributed by atoms with Gasteiger partial charge in [0.05, 0.1) is 16.1 Å². The molecule has 0 radical (unpaired) electrons. The fourth-order valence-electron chi connectivity index (χ4n) is 1.56. The van der Waals surface area contributed by atoms with Gasteiger partial charge in [0, 0.05) is 5.02 Å². The minimum absolute atomic E-state index is 0.0558. The standard InChI is InChI=1S/C10H9Cl3N4O2S/c1-5(10-14-4-15-16-10)17-20(18,19)9-7(12)2-6(11)3-8(9)13/h2-5,17H,1H3,(H,14,15,16). The van der Waals surface area contributed by atoms with E-state index >= 15 is 0 Å². The van der Waals surface area contributed by atoms with Gasteiger partial charge in [0.1, 0.15) is 17.0 Å². The van der Waals surface area contributed by atoms with Gasteiger partial charge in [-0.05, 0) is 19.1 Å². The number of H-pyrrole nitrogens is 1. The predicted molar refractivity (Wildman–Crippen MR) is 76.6 cm³/mol. The maximum Gasteiger partial charge on any atom is 0.244 e. The van der Waals surface area contributed by atoms with E-state index in [1.807, 2.05) is 0 Å². The molecule has 1 aromatic carbocycles. The quantitative estimate of drug-likeness (QED) is 0.882. The molecule has 0 saturated carbocycles. The summed E-state index contributed by atoms with van der Waals surface area (Å²) >= 11 is 17.6. The van der Waals surface area contributed by atoms with Crippen LogP contribution in [0.2, 0.25) is 15.1 Å². The van der Waals surface area contributed by atoms with Crippen molar-refractivity contribution in [2.24, 2.45) is 0 Å². The molecule has 0 bridgehead atoms. The normalized spacial score (nSPS) is 13.4. The summed E-state index contributed by atoms with van der Waals surface area (Å²) in [6, 6.07) is 2.00. The number of nitrogens with one attached hydrogen (secondary N) is 2. The zero-order valence-corrected chi connectivity index (χ0v) is 13.1. The number of hydrogen-bond donors (Lipinski definition) is 2. The topological polar surface area (TPSA) is 87.7 Å². The first-order valence-corrected chi connectivity index (χ1v) is 7.95. The number of rotatable bonds is 4. The molecule has 2 rings (SSSR count). The van der Waals surface area contributed by atoms with Gasteiger partial charge < -0.3 is 0 Å². The van der Waals surface area contributed by atoms with E-state index in [1.165, 1.54) is 18.5 Å². The van der Waals surface area contributed by atoms with E-state index in [1.54, 1.807) is 6.92 Å². The molecular formula is C10H9Cl3N4O2S. The van der Waals surface area contributed by atoms with Crippen molar-refractivity contribution in [3.05, 3.63) is 39.4 Å². The molecule has 1 atom stereocenters. The Morgan fingerprint density at radius 2 is 1.85 bits per heavy atom. The van der Waals surface area contributed by atoms with Crippen molar-refractivity contribution in [2.75, 3.05) is 0 Å². The number of sulfonamides is 1. The average Bonchev–Trinajstić information content (AvgIpc) is 2.78. The van der Waals surface area contributed by atoms with Gasteiger partial charge in [-0.3, -0.25) is 5.10 Å². The maximum absolute atomic E-state index is 12.3. The van der Waals surface area contributed by atoms with E-state index in [9.17, 15) is 8.42 Å². The molecule has 20 heavy (non-hydrogen) atoms. The van der Waals surface area contributed by atoms with Gasteiger partial charge in [-0.2, -0.15) is 5.10 Å². The largest absolute Gasteiger partial charge is 0.262 e. The van der Waals surface area contributed by atoms with Crippen LogP contribution in [0.1, 0.15) is 18.8 Å². The second-order valence-corrected chi connectivity index (χ2v) is 6.81. The van der Waals surface area contributed by atoms with Gasteiger partial charge in [-0.1, -0.05) is 34.8 Å². The molecule has 0 aliphatic rings. The molecule has 108 valence electrons. The highest BCUT2D eigenvalue weighted by Crippen LogP contribution is 2.33. The highest BCUT2D eigenvalue weighted by atomic mass is 35.5. The number of benzene rings is 1. The summed E-state index contributed by atoms with van der Waals surface area (Å²) in [6.07, 6.45) is 1.28. The molecule has 0 aliphatic heterocycles. The van der Waals surface area contributed by atoms with Crippen molar-refractivity contribution in [3.8, 4) is 0 Å². The Kier molecular flexibility index (Phi) is 4.55. The number of hydrogen-bond acceptors (Lipinski definition) is 4. The number of halogens is 3. The van der Waals surface area contributed by atoms with Crippen molar-refractivity contribution in [1.29, 1.82) is 0 Å². The van der Waals surface area contributed by atoms with Gasteiger partial charge >= 0.3 is 0 Å². The SMILES string of the molecule is CC(NS(=O)(=O)c1c(Cl)cc(Cl)cc1Cl)c1ncn[nH]1. The Balaban J connectivity index is 2.37. The van der Waals surface area contributed by atoms with E-state index in [-0.39, 0.29) is 20.0 Å². The lowest BCUT2D eigenvalue weighted by Crippen LogP contribution is -2.28. The first kappa shape index (κ1) is 15.5. The molecule has 1 aromatic heterocycles. The molecule has 0 aliphatic carbocycles. The first-order chi connectivity index (χ1) is 9.31. The van der Waals surface area contributed by atoms with Crippen LogP contribution < -0.4 is 4.72 Å². The third-order valence-corrected chi connectivity index (χ3v) is 5.09. The van der Waals surface area contributed by atoms with Gasteiger partial charge in [0.2, 0.25) is 10.0 Å². The monoisotopic (exact) mass is 354 g/mol. The lowest BCUT2D eigenvalue weighted by atomic mass is 10.3. The molecule has 1 heterocycles. The van der Waals surface area contributed by atoms with E-state index in [2.05, 4.69) is 19.9 Å². The zero-order valence-electron chi connectivity index (χ0n) is 10.1. The summed E-state index contributed by atoms with van der Waals surface area (Å²) in [5, 5.41) is 6.37. The van der Waals surface area contributed by atoms with Gasteiger partial charge in [0.25, 0.3) is 0 Å². The Hall–Kier alpha value is -0.860. The van der Waals surface area contributed by atoms with Crippen LogP contribution in [0.25, 0.3) is 0 Å². The predicted octanol–water partition coefficient (Wildman–Crippen LogP) is 2.80. The summed E-state index contributed by atoms with van der Waals surface area (Å²) < 4.78 is 27.0. The molecule has 2 N–H and O–H groups in total. The fourth-order valence-corrected chi connectivity index (χ4v) is 4.31. The van der Waals surface area contributed by atoms with Crippen LogP contribution in [0.15, 0.2) is 23.4 Å². The summed E-state index contributed by atoms with van der Waals surface area (Å²) in [7, 11) is -3.92. The molecule has 0 amide bonds. The van der Waals surface area contributed by atoms with E-state index in [4.69, 9.17) is 34.8 Å². The summed E-state index contributed by atoms with van der Waals surface area (Å²) in [4.78, 5) is 3.65. The van der Waals surface area contributed by atoms with Crippen LogP contribution in [0.5, 0.6) is 0 Å². The minimum Gasteiger partial charge on any atom is -0.262 e. The second-order valence-electron chi connectivity index (χ2n) is 3.91. The third-order valence-electron chi connectivity index (χ3n) is 2.41. The molecule has 6 nitrogen and oxygen atoms in total. The second kappa shape index (κ2) is 5.87. The molecule has 1 unspecified atom stereocenters. The lowest BCUT2D eigenvalue weighted by molar-refractivity contribution is 0.560. The fraction of sp³-hybridized carbons (Fsp3) is 0.200. The number of aromatic amines is 1. The van der Waals surface area contributed by atoms with Gasteiger partial charge in [-0.25, -0.2) is 18.1 Å². The van der Waals surface area contributed by atoms with Crippen molar-refractivity contribution < 1.29 is 8.42 Å². The van der Waals surface area contributed by atoms with Crippen LogP contribution in [-0.2, 0) is 10.0 Å². The molecule has 0 spiro atoms. The molecule has 0 fully saturated rings. The summed E-state index contributed by atoms with van der Waals surface area (Å²) in [5.41, 5.74) is 0. The summed E-state index contributed by atoms with van der Waals surface area (Å²) in [6.45, 7) is 1.61. The van der Waals surface area contributed by atoms with Crippen molar-refractivity contribution in [3.63, 3.8) is 0 Å². The molecule has 10 heteroatoms. The molecule has 0 saturated heterocycles. The molecule has 2 aromatic rings. The van der Waals surface area contributed by atoms with Crippen LogP contribution in [0.3, 0.4) is 0 Å². The zero-order chi connectivity index (χ0) is 14.9. The van der Waals surface area contributed by atoms with Gasteiger partial charge in [0.15, 0.2) is 0 Å². The van der Waals surface area contributed by atoms with Gasteiger partial charge in [-0.15, -0.1) is 0 Å². The van der Waals surface area contributed by atoms with E-state index in [0.29, 0.717) is 5.82 Å². The van der Waals surface area contributed by atoms with E-state index in [0.717, 1.165) is 0 Å². The minimum atomic E-state index is -3.92. The number of nitrogens with zero attached hydrogens (tertiary/aromatic N) is 2. The first-order valence-electron chi connectivity index (χ1n) is 5.33. The van der Waals surface area contributed by atoms with Crippen LogP contribution in [0.4, 0.5) is 0 Å². The van der Waals surface area contributed by atoms with Crippen LogP contribution in [-0.4, -0.2) is 23.6 Å². The smallest absolute Gasteiger partial charge is 0.244 e. The maximum atomic E-state index is 12.3.